The molecular formula is C23H27N3O4. The Bertz CT molecular complexity index is 885. The van der Waals surface area contributed by atoms with E-state index in [9.17, 15) is 14.4 Å². The van der Waals surface area contributed by atoms with Crippen molar-refractivity contribution in [2.75, 3.05) is 31.6 Å². The van der Waals surface area contributed by atoms with Crippen LogP contribution in [0.25, 0.3) is 0 Å². The number of morpholine rings is 1. The lowest BCUT2D eigenvalue weighted by Gasteiger charge is -2.33. The fourth-order valence-corrected chi connectivity index (χ4v) is 3.34. The highest BCUT2D eigenvalue weighted by Crippen LogP contribution is 2.22. The van der Waals surface area contributed by atoms with Crippen molar-refractivity contribution in [3.05, 3.63) is 65.7 Å². The van der Waals surface area contributed by atoms with Crippen molar-refractivity contribution in [2.45, 2.75) is 25.9 Å². The molecule has 7 heteroatoms. The van der Waals surface area contributed by atoms with E-state index in [1.165, 1.54) is 0 Å². The molecule has 2 N–H and O–H groups in total. The van der Waals surface area contributed by atoms with Crippen LogP contribution in [-0.2, 0) is 19.1 Å². The topological polar surface area (TPSA) is 87.7 Å². The third kappa shape index (κ3) is 6.15. The molecule has 3 rings (SSSR count). The number of carbonyl (C=O) groups excluding carboxylic acids is 3. The molecule has 1 heterocycles. The first kappa shape index (κ1) is 21.5. The normalized spacial score (nSPS) is 16.0. The van der Waals surface area contributed by atoms with E-state index in [0.29, 0.717) is 38.2 Å². The predicted octanol–water partition coefficient (Wildman–Crippen LogP) is 2.43. The number of hydrogen-bond donors (Lipinski definition) is 2. The third-order valence-electron chi connectivity index (χ3n) is 4.93. The van der Waals surface area contributed by atoms with Gasteiger partial charge < -0.3 is 20.3 Å². The lowest BCUT2D eigenvalue weighted by molar-refractivity contribution is -0.139. The molecule has 0 saturated carbocycles. The van der Waals surface area contributed by atoms with Crippen LogP contribution in [0.4, 0.5) is 5.69 Å². The molecule has 30 heavy (non-hydrogen) atoms. The molecule has 0 aliphatic carbocycles. The monoisotopic (exact) mass is 409 g/mol. The maximum atomic E-state index is 12.5. The van der Waals surface area contributed by atoms with Crippen molar-refractivity contribution in [3.8, 4) is 0 Å². The van der Waals surface area contributed by atoms with Crippen molar-refractivity contribution in [1.82, 2.24) is 10.2 Å². The van der Waals surface area contributed by atoms with E-state index < -0.39 is 11.8 Å². The van der Waals surface area contributed by atoms with Gasteiger partial charge >= 0.3 is 11.8 Å². The number of ether oxygens (including phenoxy) is 1. The average molecular weight is 409 g/mol. The van der Waals surface area contributed by atoms with Gasteiger partial charge in [-0.05, 0) is 36.6 Å². The molecule has 1 atom stereocenters. The molecule has 0 bridgehead atoms. The summed E-state index contributed by atoms with van der Waals surface area (Å²) in [5.74, 6) is -1.40. The molecule has 0 spiro atoms. The molecule has 1 saturated heterocycles. The number of hydrogen-bond acceptors (Lipinski definition) is 4. The molecule has 3 amide bonds. The number of nitrogens with zero attached hydrogens (tertiary/aromatic N) is 1. The van der Waals surface area contributed by atoms with Gasteiger partial charge in [0.05, 0.1) is 13.2 Å². The van der Waals surface area contributed by atoms with Crippen molar-refractivity contribution in [3.63, 3.8) is 0 Å². The zero-order valence-electron chi connectivity index (χ0n) is 17.1. The highest BCUT2D eigenvalue weighted by Gasteiger charge is 2.25. The third-order valence-corrected chi connectivity index (χ3v) is 4.93. The van der Waals surface area contributed by atoms with Crippen LogP contribution in [-0.4, -0.2) is 48.9 Å². The van der Waals surface area contributed by atoms with Crippen molar-refractivity contribution in [1.29, 1.82) is 0 Å². The van der Waals surface area contributed by atoms with Gasteiger partial charge in [0, 0.05) is 25.2 Å². The number of nitrogens with one attached hydrogen (secondary N) is 2. The molecule has 1 aliphatic rings. The molecule has 1 aliphatic heterocycles. The second-order valence-electron chi connectivity index (χ2n) is 7.29. The number of aryl methyl sites for hydroxylation is 1. The maximum absolute atomic E-state index is 12.5. The molecule has 1 unspecified atom stereocenters. The second-order valence-corrected chi connectivity index (χ2v) is 7.29. The van der Waals surface area contributed by atoms with E-state index in [1.807, 2.05) is 49.4 Å². The molecule has 158 valence electrons. The number of anilines is 1. The van der Waals surface area contributed by atoms with Gasteiger partial charge in [-0.1, -0.05) is 42.5 Å². The summed E-state index contributed by atoms with van der Waals surface area (Å²) < 4.78 is 5.79. The van der Waals surface area contributed by atoms with E-state index in [1.54, 1.807) is 17.0 Å². The standard InChI is InChI=1S/C23H27N3O4/c1-17-7-5-10-19(15-17)25-23(29)22(28)24-12-6-11-21(27)26-13-14-30-20(16-26)18-8-3-2-4-9-18/h2-5,7-10,15,20H,6,11-14,16H2,1H3,(H,24,28)(H,25,29). The predicted molar refractivity (Wildman–Crippen MR) is 114 cm³/mol. The average Bonchev–Trinajstić information content (AvgIpc) is 2.77. The minimum atomic E-state index is -0.717. The highest BCUT2D eigenvalue weighted by atomic mass is 16.5. The van der Waals surface area contributed by atoms with Crippen LogP contribution in [0.3, 0.4) is 0 Å². The summed E-state index contributed by atoms with van der Waals surface area (Å²) in [4.78, 5) is 38.2. The summed E-state index contributed by atoms with van der Waals surface area (Å²) in [6.07, 6.45) is 0.658. The summed E-state index contributed by atoms with van der Waals surface area (Å²) in [5.41, 5.74) is 2.62. The lowest BCUT2D eigenvalue weighted by Crippen LogP contribution is -2.42. The smallest absolute Gasteiger partial charge is 0.313 e. The van der Waals surface area contributed by atoms with Crippen LogP contribution in [0.1, 0.15) is 30.1 Å². The summed E-state index contributed by atoms with van der Waals surface area (Å²) in [7, 11) is 0. The molecule has 2 aromatic carbocycles. The molecule has 2 aromatic rings. The van der Waals surface area contributed by atoms with Gasteiger partial charge in [0.25, 0.3) is 0 Å². The van der Waals surface area contributed by atoms with Gasteiger partial charge in [-0.3, -0.25) is 14.4 Å². The van der Waals surface area contributed by atoms with Crippen molar-refractivity contribution in [2.24, 2.45) is 0 Å². The molecular weight excluding hydrogens is 382 g/mol. The zero-order chi connectivity index (χ0) is 21.3. The summed E-state index contributed by atoms with van der Waals surface area (Å²) >= 11 is 0. The fourth-order valence-electron chi connectivity index (χ4n) is 3.34. The van der Waals surface area contributed by atoms with E-state index in [-0.39, 0.29) is 18.6 Å². The minimum absolute atomic E-state index is 0.0256. The Morgan fingerprint density at radius 3 is 2.63 bits per heavy atom. The van der Waals surface area contributed by atoms with E-state index in [4.69, 9.17) is 4.74 Å². The first-order chi connectivity index (χ1) is 14.5. The Hall–Kier alpha value is -3.19. The van der Waals surface area contributed by atoms with Gasteiger partial charge in [-0.2, -0.15) is 0 Å². The SMILES string of the molecule is Cc1cccc(NC(=O)C(=O)NCCCC(=O)N2CCOC(c3ccccc3)C2)c1. The van der Waals surface area contributed by atoms with Crippen LogP contribution in [0.2, 0.25) is 0 Å². The molecule has 1 fully saturated rings. The number of benzene rings is 2. The Kier molecular flexibility index (Phi) is 7.57. The largest absolute Gasteiger partial charge is 0.370 e. The first-order valence-corrected chi connectivity index (χ1v) is 10.1. The van der Waals surface area contributed by atoms with Gasteiger partial charge in [0.1, 0.15) is 6.10 Å². The van der Waals surface area contributed by atoms with Crippen LogP contribution >= 0.6 is 0 Å². The minimum Gasteiger partial charge on any atom is -0.370 e. The summed E-state index contributed by atoms with van der Waals surface area (Å²) in [6.45, 7) is 3.75. The molecule has 0 aromatic heterocycles. The number of carbonyl (C=O) groups is 3. The number of amides is 3. The summed E-state index contributed by atoms with van der Waals surface area (Å²) in [5, 5.41) is 5.13. The summed E-state index contributed by atoms with van der Waals surface area (Å²) in [6, 6.07) is 17.1. The van der Waals surface area contributed by atoms with Gasteiger partial charge in [-0.15, -0.1) is 0 Å². The van der Waals surface area contributed by atoms with Crippen LogP contribution in [0, 0.1) is 6.92 Å². The van der Waals surface area contributed by atoms with Crippen molar-refractivity contribution >= 4 is 23.4 Å². The first-order valence-electron chi connectivity index (χ1n) is 10.1. The van der Waals surface area contributed by atoms with Crippen LogP contribution < -0.4 is 10.6 Å². The Labute approximate surface area is 176 Å². The molecule has 7 nitrogen and oxygen atoms in total. The van der Waals surface area contributed by atoms with Crippen LogP contribution in [0.5, 0.6) is 0 Å². The van der Waals surface area contributed by atoms with Gasteiger partial charge in [0.2, 0.25) is 5.91 Å². The van der Waals surface area contributed by atoms with E-state index in [2.05, 4.69) is 10.6 Å². The fraction of sp³-hybridized carbons (Fsp3) is 0.348. The van der Waals surface area contributed by atoms with Gasteiger partial charge in [0.15, 0.2) is 0 Å². The Morgan fingerprint density at radius 2 is 1.87 bits per heavy atom. The quantitative estimate of drug-likeness (QED) is 0.567. The second kappa shape index (κ2) is 10.5. The van der Waals surface area contributed by atoms with Crippen LogP contribution in [0.15, 0.2) is 54.6 Å². The Morgan fingerprint density at radius 1 is 1.07 bits per heavy atom. The molecule has 0 radical (unpaired) electrons. The lowest BCUT2D eigenvalue weighted by atomic mass is 10.1. The number of rotatable bonds is 6. The highest BCUT2D eigenvalue weighted by molar-refractivity contribution is 6.39. The van der Waals surface area contributed by atoms with E-state index >= 15 is 0 Å². The zero-order valence-corrected chi connectivity index (χ0v) is 17.1. The van der Waals surface area contributed by atoms with Gasteiger partial charge in [-0.25, -0.2) is 0 Å². The Balaban J connectivity index is 1.38. The van der Waals surface area contributed by atoms with Crippen molar-refractivity contribution < 1.29 is 19.1 Å². The van der Waals surface area contributed by atoms with E-state index in [0.717, 1.165) is 11.1 Å². The maximum Gasteiger partial charge on any atom is 0.313 e.